The summed E-state index contributed by atoms with van der Waals surface area (Å²) >= 11 is 0. The van der Waals surface area contributed by atoms with Gasteiger partial charge in [0.2, 0.25) is 0 Å². The Kier molecular flexibility index (Phi) is 3.20. The minimum absolute atomic E-state index is 0.0342. The fourth-order valence-electron chi connectivity index (χ4n) is 7.43. The second-order valence-electron chi connectivity index (χ2n) is 9.96. The molecule has 7 atom stereocenters. The molecule has 0 radical (unpaired) electrons. The molecule has 0 amide bonds. The first-order valence-corrected chi connectivity index (χ1v) is 9.64. The number of allylic oxidation sites excluding steroid dienone is 2. The maximum atomic E-state index is 10.5. The number of hydrogen-bond donors (Lipinski definition) is 1. The summed E-state index contributed by atoms with van der Waals surface area (Å²) in [4.78, 5) is 0. The second kappa shape index (κ2) is 4.62. The topological polar surface area (TPSA) is 20.2 Å². The first kappa shape index (κ1) is 15.2. The minimum Gasteiger partial charge on any atom is -0.393 e. The van der Waals surface area contributed by atoms with Gasteiger partial charge in [-0.2, -0.15) is 0 Å². The lowest BCUT2D eigenvalue weighted by molar-refractivity contribution is -0.142. The van der Waals surface area contributed by atoms with Gasteiger partial charge in [-0.05, 0) is 92.3 Å². The molecule has 0 aromatic heterocycles. The average Bonchev–Trinajstić information content (AvgIpc) is 2.76. The summed E-state index contributed by atoms with van der Waals surface area (Å²) in [6.07, 6.45) is 12.9. The lowest BCUT2D eigenvalue weighted by Crippen LogP contribution is -2.56. The molecule has 1 N–H and O–H groups in total. The van der Waals surface area contributed by atoms with E-state index in [9.17, 15) is 5.11 Å². The zero-order chi connectivity index (χ0) is 15.8. The molecule has 4 rings (SSSR count). The Morgan fingerprint density at radius 1 is 1.00 bits per heavy atom. The van der Waals surface area contributed by atoms with Crippen molar-refractivity contribution in [2.24, 2.45) is 34.0 Å². The molecule has 0 spiro atoms. The van der Waals surface area contributed by atoms with Crippen molar-refractivity contribution in [3.8, 4) is 0 Å². The fraction of sp³-hybridized carbons (Fsp3) is 0.905. The van der Waals surface area contributed by atoms with Gasteiger partial charge in [-0.25, -0.2) is 0 Å². The largest absolute Gasteiger partial charge is 0.393 e. The molecule has 0 aromatic rings. The SMILES string of the molecule is CC1=CC[C@]2(C)[C@H]3CC[C@]4(C)C(O)CC[C@H]4[C@@H]3CCC2(C)C1. The highest BCUT2D eigenvalue weighted by molar-refractivity contribution is 5.19. The van der Waals surface area contributed by atoms with Gasteiger partial charge < -0.3 is 5.11 Å². The molecule has 0 bridgehead atoms. The fourth-order valence-corrected chi connectivity index (χ4v) is 7.43. The number of aliphatic hydroxyl groups is 1. The molecule has 22 heavy (non-hydrogen) atoms. The van der Waals surface area contributed by atoms with Gasteiger partial charge >= 0.3 is 0 Å². The first-order chi connectivity index (χ1) is 10.3. The number of fused-ring (bicyclic) bond motifs is 5. The van der Waals surface area contributed by atoms with E-state index < -0.39 is 0 Å². The molecule has 124 valence electrons. The Hall–Kier alpha value is -0.300. The summed E-state index contributed by atoms with van der Waals surface area (Å²) in [6.45, 7) is 9.92. The van der Waals surface area contributed by atoms with Crippen LogP contribution in [-0.2, 0) is 0 Å². The summed E-state index contributed by atoms with van der Waals surface area (Å²) in [6, 6.07) is 0. The molecule has 4 aliphatic carbocycles. The molecule has 0 aromatic carbocycles. The molecule has 2 unspecified atom stereocenters. The van der Waals surface area contributed by atoms with E-state index in [1.807, 2.05) is 0 Å². The predicted octanol–water partition coefficient (Wildman–Crippen LogP) is 5.34. The van der Waals surface area contributed by atoms with Gasteiger partial charge in [0.25, 0.3) is 0 Å². The summed E-state index contributed by atoms with van der Waals surface area (Å²) in [5, 5.41) is 10.5. The predicted molar refractivity (Wildman–Crippen MR) is 91.5 cm³/mol. The number of aliphatic hydroxyl groups excluding tert-OH is 1. The van der Waals surface area contributed by atoms with Crippen molar-refractivity contribution in [2.45, 2.75) is 85.2 Å². The molecule has 4 aliphatic rings. The van der Waals surface area contributed by atoms with Crippen LogP contribution < -0.4 is 0 Å². The highest BCUT2D eigenvalue weighted by Gasteiger charge is 2.62. The molecule has 0 heterocycles. The smallest absolute Gasteiger partial charge is 0.0596 e. The van der Waals surface area contributed by atoms with Crippen molar-refractivity contribution in [2.75, 3.05) is 0 Å². The summed E-state index contributed by atoms with van der Waals surface area (Å²) < 4.78 is 0. The van der Waals surface area contributed by atoms with E-state index in [-0.39, 0.29) is 11.5 Å². The van der Waals surface area contributed by atoms with E-state index in [2.05, 4.69) is 33.8 Å². The average molecular weight is 303 g/mol. The van der Waals surface area contributed by atoms with Crippen LogP contribution in [0, 0.1) is 34.0 Å². The van der Waals surface area contributed by atoms with Crippen molar-refractivity contribution in [3.05, 3.63) is 11.6 Å². The van der Waals surface area contributed by atoms with Crippen molar-refractivity contribution in [1.82, 2.24) is 0 Å². The van der Waals surface area contributed by atoms with E-state index in [4.69, 9.17) is 0 Å². The van der Waals surface area contributed by atoms with Gasteiger partial charge in [-0.3, -0.25) is 0 Å². The maximum Gasteiger partial charge on any atom is 0.0596 e. The van der Waals surface area contributed by atoms with Crippen LogP contribution in [0.4, 0.5) is 0 Å². The third kappa shape index (κ3) is 1.75. The van der Waals surface area contributed by atoms with E-state index in [0.717, 1.165) is 24.2 Å². The van der Waals surface area contributed by atoms with Crippen LogP contribution in [0.2, 0.25) is 0 Å². The van der Waals surface area contributed by atoms with Crippen LogP contribution in [0.3, 0.4) is 0 Å². The van der Waals surface area contributed by atoms with Gasteiger partial charge in [0.15, 0.2) is 0 Å². The normalized spacial score (nSPS) is 57.6. The Bertz CT molecular complexity index is 508. The number of hydrogen-bond acceptors (Lipinski definition) is 1. The molecule has 0 saturated heterocycles. The van der Waals surface area contributed by atoms with Crippen LogP contribution in [-0.4, -0.2) is 11.2 Å². The van der Waals surface area contributed by atoms with Crippen LogP contribution in [0.5, 0.6) is 0 Å². The van der Waals surface area contributed by atoms with Gasteiger partial charge in [-0.15, -0.1) is 0 Å². The third-order valence-corrected chi connectivity index (χ3v) is 9.16. The lowest BCUT2D eigenvalue weighted by atomic mass is 9.41. The highest BCUT2D eigenvalue weighted by atomic mass is 16.3. The third-order valence-electron chi connectivity index (χ3n) is 9.16. The van der Waals surface area contributed by atoms with Crippen molar-refractivity contribution >= 4 is 0 Å². The molecule has 0 aliphatic heterocycles. The van der Waals surface area contributed by atoms with Gasteiger partial charge in [0.05, 0.1) is 6.10 Å². The molecular weight excluding hydrogens is 268 g/mol. The molecule has 1 heteroatoms. The van der Waals surface area contributed by atoms with Crippen molar-refractivity contribution < 1.29 is 5.11 Å². The van der Waals surface area contributed by atoms with Crippen LogP contribution in [0.25, 0.3) is 0 Å². The Labute approximate surface area is 136 Å². The zero-order valence-electron chi connectivity index (χ0n) is 15.0. The van der Waals surface area contributed by atoms with Crippen LogP contribution in [0.15, 0.2) is 11.6 Å². The highest BCUT2D eigenvalue weighted by Crippen LogP contribution is 2.69. The van der Waals surface area contributed by atoms with Gasteiger partial charge in [-0.1, -0.05) is 32.4 Å². The first-order valence-electron chi connectivity index (χ1n) is 9.64. The molecular formula is C21H34O. The van der Waals surface area contributed by atoms with E-state index in [0.29, 0.717) is 10.8 Å². The van der Waals surface area contributed by atoms with Crippen LogP contribution >= 0.6 is 0 Å². The summed E-state index contributed by atoms with van der Waals surface area (Å²) in [5.74, 6) is 2.55. The summed E-state index contributed by atoms with van der Waals surface area (Å²) in [7, 11) is 0. The zero-order valence-corrected chi connectivity index (χ0v) is 15.0. The van der Waals surface area contributed by atoms with Crippen molar-refractivity contribution in [3.63, 3.8) is 0 Å². The molecule has 3 saturated carbocycles. The maximum absolute atomic E-state index is 10.5. The lowest BCUT2D eigenvalue weighted by Gasteiger charge is -2.64. The summed E-state index contributed by atoms with van der Waals surface area (Å²) in [5.41, 5.74) is 2.85. The molecule has 1 nitrogen and oxygen atoms in total. The van der Waals surface area contributed by atoms with Gasteiger partial charge in [0, 0.05) is 0 Å². The van der Waals surface area contributed by atoms with E-state index in [1.54, 1.807) is 5.57 Å². The Morgan fingerprint density at radius 3 is 2.55 bits per heavy atom. The Balaban J connectivity index is 1.70. The monoisotopic (exact) mass is 302 g/mol. The minimum atomic E-state index is -0.0342. The van der Waals surface area contributed by atoms with Crippen molar-refractivity contribution in [1.29, 1.82) is 0 Å². The standard InChI is InChI=1S/C21H34O/c1-14-7-12-21(4)17-9-11-20(3)16(5-6-18(20)22)15(17)8-10-19(21,2)13-14/h7,15-18,22H,5-6,8-13H2,1-4H3/t15-,16-,17-,18?,19?,20-,21+/m0/s1. The number of rotatable bonds is 0. The molecule has 3 fully saturated rings. The second-order valence-corrected chi connectivity index (χ2v) is 9.96. The van der Waals surface area contributed by atoms with Gasteiger partial charge in [0.1, 0.15) is 0 Å². The Morgan fingerprint density at radius 2 is 1.77 bits per heavy atom. The van der Waals surface area contributed by atoms with E-state index in [1.165, 1.54) is 44.9 Å². The quantitative estimate of drug-likeness (QED) is 0.599. The van der Waals surface area contributed by atoms with E-state index >= 15 is 0 Å². The van der Waals surface area contributed by atoms with Crippen LogP contribution in [0.1, 0.15) is 79.1 Å².